The Labute approximate surface area is 150 Å². The number of hydrogen-bond donors (Lipinski definition) is 0. The Hall–Kier alpha value is -3.28. The summed E-state index contributed by atoms with van der Waals surface area (Å²) in [7, 11) is 0. The van der Waals surface area contributed by atoms with E-state index in [4.69, 9.17) is 0 Å². The third-order valence-corrected chi connectivity index (χ3v) is 4.91. The van der Waals surface area contributed by atoms with Gasteiger partial charge in [0.1, 0.15) is 0 Å². The van der Waals surface area contributed by atoms with Crippen LogP contribution in [0.5, 0.6) is 0 Å². The first-order valence-corrected chi connectivity index (χ1v) is 8.48. The van der Waals surface area contributed by atoms with Crippen molar-refractivity contribution < 1.29 is 0 Å². The van der Waals surface area contributed by atoms with E-state index in [0.717, 1.165) is 33.6 Å². The SMILES string of the molecule is CC1(c2ccc(-c3cnc(-c4ccc(C5(C)N=N5)cc4)cn3)cc2)N=N1. The molecule has 0 amide bonds. The Kier molecular flexibility index (Phi) is 2.95. The van der Waals surface area contributed by atoms with Crippen LogP contribution in [0.3, 0.4) is 0 Å². The zero-order valence-electron chi connectivity index (χ0n) is 14.5. The normalized spacial score (nSPS) is 17.9. The Morgan fingerprint density at radius 2 is 0.885 bits per heavy atom. The lowest BCUT2D eigenvalue weighted by Crippen LogP contribution is -2.01. The number of nitrogens with zero attached hydrogens (tertiary/aromatic N) is 6. The van der Waals surface area contributed by atoms with E-state index in [2.05, 4.69) is 30.4 Å². The van der Waals surface area contributed by atoms with Crippen molar-refractivity contribution in [1.29, 1.82) is 0 Å². The number of rotatable bonds is 4. The highest BCUT2D eigenvalue weighted by Crippen LogP contribution is 2.40. The highest BCUT2D eigenvalue weighted by molar-refractivity contribution is 5.63. The molecule has 26 heavy (non-hydrogen) atoms. The van der Waals surface area contributed by atoms with Crippen LogP contribution in [0.4, 0.5) is 0 Å². The molecule has 0 spiro atoms. The minimum absolute atomic E-state index is 0.349. The number of hydrogen-bond acceptors (Lipinski definition) is 6. The molecular formula is C20H16N6. The van der Waals surface area contributed by atoms with Crippen LogP contribution in [0, 0.1) is 0 Å². The first-order valence-electron chi connectivity index (χ1n) is 8.48. The largest absolute Gasteiger partial charge is 0.252 e. The molecule has 126 valence electrons. The van der Waals surface area contributed by atoms with Crippen LogP contribution in [-0.2, 0) is 11.3 Å². The van der Waals surface area contributed by atoms with Gasteiger partial charge in [-0.05, 0) is 13.8 Å². The smallest absolute Gasteiger partial charge is 0.213 e. The van der Waals surface area contributed by atoms with Crippen molar-refractivity contribution in [1.82, 2.24) is 9.97 Å². The second-order valence-electron chi connectivity index (χ2n) is 6.88. The summed E-state index contributed by atoms with van der Waals surface area (Å²) in [4.78, 5) is 9.14. The molecular weight excluding hydrogens is 324 g/mol. The van der Waals surface area contributed by atoms with Crippen molar-refractivity contribution in [3.63, 3.8) is 0 Å². The van der Waals surface area contributed by atoms with Crippen molar-refractivity contribution in [3.8, 4) is 22.5 Å². The van der Waals surface area contributed by atoms with E-state index >= 15 is 0 Å². The van der Waals surface area contributed by atoms with Crippen molar-refractivity contribution in [2.24, 2.45) is 20.5 Å². The number of aromatic nitrogens is 2. The molecule has 0 saturated carbocycles. The van der Waals surface area contributed by atoms with E-state index in [-0.39, 0.29) is 11.3 Å². The van der Waals surface area contributed by atoms with Gasteiger partial charge in [-0.25, -0.2) is 0 Å². The van der Waals surface area contributed by atoms with Gasteiger partial charge in [-0.3, -0.25) is 9.97 Å². The molecule has 0 N–H and O–H groups in total. The van der Waals surface area contributed by atoms with Crippen LogP contribution in [0.25, 0.3) is 22.5 Å². The lowest BCUT2D eigenvalue weighted by molar-refractivity contribution is 0.729. The summed E-state index contributed by atoms with van der Waals surface area (Å²) in [5.74, 6) is 0. The molecule has 1 aromatic heterocycles. The van der Waals surface area contributed by atoms with Crippen LogP contribution < -0.4 is 0 Å². The molecule has 2 aliphatic heterocycles. The Morgan fingerprint density at radius 1 is 0.538 bits per heavy atom. The van der Waals surface area contributed by atoms with Crippen molar-refractivity contribution in [3.05, 3.63) is 72.1 Å². The van der Waals surface area contributed by atoms with E-state index in [1.807, 2.05) is 62.4 Å². The predicted octanol–water partition coefficient (Wildman–Crippen LogP) is 5.09. The summed E-state index contributed by atoms with van der Waals surface area (Å²) in [5, 5.41) is 16.3. The summed E-state index contributed by atoms with van der Waals surface area (Å²) in [6.45, 7) is 3.99. The minimum atomic E-state index is -0.349. The summed E-state index contributed by atoms with van der Waals surface area (Å²) in [6, 6.07) is 16.3. The summed E-state index contributed by atoms with van der Waals surface area (Å²) >= 11 is 0. The first-order chi connectivity index (χ1) is 12.6. The molecule has 0 aliphatic carbocycles. The van der Waals surface area contributed by atoms with E-state index in [0.29, 0.717) is 0 Å². The lowest BCUT2D eigenvalue weighted by atomic mass is 10.0. The predicted molar refractivity (Wildman–Crippen MR) is 97.3 cm³/mol. The van der Waals surface area contributed by atoms with Gasteiger partial charge in [0.05, 0.1) is 23.8 Å². The summed E-state index contributed by atoms with van der Waals surface area (Å²) < 4.78 is 0. The van der Waals surface area contributed by atoms with E-state index < -0.39 is 0 Å². The third-order valence-electron chi connectivity index (χ3n) is 4.91. The molecule has 0 fully saturated rings. The fourth-order valence-corrected chi connectivity index (χ4v) is 2.92. The fraction of sp³-hybridized carbons (Fsp3) is 0.200. The quantitative estimate of drug-likeness (QED) is 0.663. The maximum Gasteiger partial charge on any atom is 0.213 e. The number of benzene rings is 2. The molecule has 0 bridgehead atoms. The van der Waals surface area contributed by atoms with Gasteiger partial charge >= 0.3 is 0 Å². The maximum absolute atomic E-state index is 4.57. The molecule has 6 heteroatoms. The van der Waals surface area contributed by atoms with Crippen molar-refractivity contribution in [2.45, 2.75) is 25.2 Å². The van der Waals surface area contributed by atoms with Gasteiger partial charge in [0.2, 0.25) is 11.3 Å². The second-order valence-corrected chi connectivity index (χ2v) is 6.88. The van der Waals surface area contributed by atoms with Gasteiger partial charge in [0.25, 0.3) is 0 Å². The molecule has 5 rings (SSSR count). The molecule has 3 heterocycles. The van der Waals surface area contributed by atoms with Crippen LogP contribution in [0.15, 0.2) is 81.4 Å². The van der Waals surface area contributed by atoms with E-state index in [1.165, 1.54) is 0 Å². The molecule has 0 unspecified atom stereocenters. The van der Waals surface area contributed by atoms with Gasteiger partial charge < -0.3 is 0 Å². The van der Waals surface area contributed by atoms with Crippen LogP contribution in [0.2, 0.25) is 0 Å². The van der Waals surface area contributed by atoms with Gasteiger partial charge in [-0.1, -0.05) is 48.5 Å². The van der Waals surface area contributed by atoms with Crippen LogP contribution in [-0.4, -0.2) is 9.97 Å². The maximum atomic E-state index is 4.57. The Morgan fingerprint density at radius 3 is 1.15 bits per heavy atom. The monoisotopic (exact) mass is 340 g/mol. The molecule has 0 atom stereocenters. The van der Waals surface area contributed by atoms with Crippen molar-refractivity contribution >= 4 is 0 Å². The summed E-state index contributed by atoms with van der Waals surface area (Å²) in [6.07, 6.45) is 3.61. The fourth-order valence-electron chi connectivity index (χ4n) is 2.92. The molecule has 0 radical (unpaired) electrons. The Bertz CT molecular complexity index is 935. The highest BCUT2D eigenvalue weighted by atomic mass is 15.4. The lowest BCUT2D eigenvalue weighted by Gasteiger charge is -2.08. The standard InChI is InChI=1S/C20H16N6/c1-19(23-24-19)15-7-3-13(4-8-15)17-11-22-18(12-21-17)14-5-9-16(10-6-14)20(2)25-26-20/h3-12H,1-2H3. The molecule has 2 aromatic carbocycles. The van der Waals surface area contributed by atoms with Crippen molar-refractivity contribution in [2.75, 3.05) is 0 Å². The van der Waals surface area contributed by atoms with Gasteiger partial charge in [-0.2, -0.15) is 20.5 Å². The third kappa shape index (κ3) is 2.50. The molecule has 2 aliphatic rings. The van der Waals surface area contributed by atoms with E-state index in [1.54, 1.807) is 12.4 Å². The van der Waals surface area contributed by atoms with Gasteiger partial charge in [-0.15, -0.1) is 0 Å². The zero-order valence-corrected chi connectivity index (χ0v) is 14.5. The second kappa shape index (κ2) is 5.11. The van der Waals surface area contributed by atoms with Gasteiger partial charge in [0.15, 0.2) is 0 Å². The summed E-state index contributed by atoms with van der Waals surface area (Å²) in [5.41, 5.74) is 5.22. The average molecular weight is 340 g/mol. The minimum Gasteiger partial charge on any atom is -0.252 e. The van der Waals surface area contributed by atoms with E-state index in [9.17, 15) is 0 Å². The molecule has 0 saturated heterocycles. The average Bonchev–Trinajstić information content (AvgIpc) is 3.62. The first kappa shape index (κ1) is 15.0. The zero-order chi connectivity index (χ0) is 17.8. The molecule has 3 aromatic rings. The van der Waals surface area contributed by atoms with Crippen LogP contribution in [0.1, 0.15) is 25.0 Å². The highest BCUT2D eigenvalue weighted by Gasteiger charge is 2.36. The van der Waals surface area contributed by atoms with Crippen LogP contribution >= 0.6 is 0 Å². The van der Waals surface area contributed by atoms with Gasteiger partial charge in [0, 0.05) is 22.3 Å². The molecule has 6 nitrogen and oxygen atoms in total. The Balaban J connectivity index is 1.37. The topological polar surface area (TPSA) is 75.2 Å².